The van der Waals surface area contributed by atoms with Crippen molar-refractivity contribution in [2.24, 2.45) is 5.73 Å². The standard InChI is InChI=1S/C4H11N.Pt/c1-4(2,3)5;/h5H2,1-3H3;. The molecule has 0 rings (SSSR count). The second-order valence-electron chi connectivity index (χ2n) is 2.37. The van der Waals surface area contributed by atoms with E-state index in [0.29, 0.717) is 0 Å². The van der Waals surface area contributed by atoms with E-state index in [9.17, 15) is 0 Å². The van der Waals surface area contributed by atoms with Crippen molar-refractivity contribution in [2.75, 3.05) is 0 Å². The molecular formula is C4H11NPt. The van der Waals surface area contributed by atoms with Crippen LogP contribution in [0.15, 0.2) is 0 Å². The van der Waals surface area contributed by atoms with Gasteiger partial charge in [0.15, 0.2) is 0 Å². The van der Waals surface area contributed by atoms with Crippen LogP contribution in [-0.2, 0) is 21.1 Å². The van der Waals surface area contributed by atoms with E-state index in [0.717, 1.165) is 0 Å². The molecule has 0 aliphatic rings. The number of hydrogen-bond acceptors (Lipinski definition) is 1. The second kappa shape index (κ2) is 2.76. The summed E-state index contributed by atoms with van der Waals surface area (Å²) in [5.74, 6) is 0. The smallest absolute Gasteiger partial charge is 0.00686 e. The Morgan fingerprint density at radius 1 is 1.17 bits per heavy atom. The fourth-order valence-electron chi connectivity index (χ4n) is 0. The molecule has 42 valence electrons. The average molecular weight is 268 g/mol. The van der Waals surface area contributed by atoms with Gasteiger partial charge >= 0.3 is 0 Å². The van der Waals surface area contributed by atoms with Gasteiger partial charge in [-0.25, -0.2) is 0 Å². The molecule has 0 aromatic rings. The van der Waals surface area contributed by atoms with Gasteiger partial charge in [-0.15, -0.1) is 0 Å². The van der Waals surface area contributed by atoms with Gasteiger partial charge in [0.05, 0.1) is 0 Å². The summed E-state index contributed by atoms with van der Waals surface area (Å²) >= 11 is 0. The van der Waals surface area contributed by atoms with Crippen molar-refractivity contribution in [3.05, 3.63) is 0 Å². The predicted molar refractivity (Wildman–Crippen MR) is 23.9 cm³/mol. The van der Waals surface area contributed by atoms with Crippen molar-refractivity contribution in [1.82, 2.24) is 0 Å². The summed E-state index contributed by atoms with van der Waals surface area (Å²) in [6.07, 6.45) is 0. The van der Waals surface area contributed by atoms with Crippen LogP contribution in [0.5, 0.6) is 0 Å². The van der Waals surface area contributed by atoms with E-state index in [2.05, 4.69) is 0 Å². The fourth-order valence-corrected chi connectivity index (χ4v) is 0. The zero-order valence-electron chi connectivity index (χ0n) is 4.39. The van der Waals surface area contributed by atoms with E-state index < -0.39 is 0 Å². The maximum Gasteiger partial charge on any atom is 0.00686 e. The molecule has 0 saturated heterocycles. The molecule has 0 atom stereocenters. The van der Waals surface area contributed by atoms with Gasteiger partial charge in [-0.2, -0.15) is 0 Å². The van der Waals surface area contributed by atoms with Crippen molar-refractivity contribution in [3.63, 3.8) is 0 Å². The van der Waals surface area contributed by atoms with Gasteiger partial charge in [-0.05, 0) is 20.8 Å². The molecule has 0 aromatic heterocycles. The first-order valence-electron chi connectivity index (χ1n) is 1.79. The van der Waals surface area contributed by atoms with Crippen LogP contribution in [0.4, 0.5) is 0 Å². The molecule has 0 amide bonds. The summed E-state index contributed by atoms with van der Waals surface area (Å²) in [5.41, 5.74) is 5.35. The summed E-state index contributed by atoms with van der Waals surface area (Å²) in [6, 6.07) is 0. The Morgan fingerprint density at radius 2 is 1.17 bits per heavy atom. The van der Waals surface area contributed by atoms with Gasteiger partial charge in [0.2, 0.25) is 0 Å². The third-order valence-electron chi connectivity index (χ3n) is 0. The summed E-state index contributed by atoms with van der Waals surface area (Å²) < 4.78 is 0. The Hall–Kier alpha value is 0.648. The molecule has 0 unspecified atom stereocenters. The zero-order valence-corrected chi connectivity index (χ0v) is 6.67. The van der Waals surface area contributed by atoms with Crippen molar-refractivity contribution in [2.45, 2.75) is 26.3 Å². The van der Waals surface area contributed by atoms with Gasteiger partial charge in [0, 0.05) is 26.6 Å². The van der Waals surface area contributed by atoms with Crippen LogP contribution < -0.4 is 5.73 Å². The minimum atomic E-state index is 0. The Morgan fingerprint density at radius 3 is 1.17 bits per heavy atom. The average Bonchev–Trinajstić information content (AvgIpc) is 0.722. The zero-order chi connectivity index (χ0) is 4.50. The molecule has 0 fully saturated rings. The summed E-state index contributed by atoms with van der Waals surface area (Å²) in [7, 11) is 0. The van der Waals surface area contributed by atoms with E-state index in [4.69, 9.17) is 5.73 Å². The minimum Gasteiger partial charge on any atom is -0.326 e. The number of rotatable bonds is 0. The van der Waals surface area contributed by atoms with Crippen molar-refractivity contribution in [3.8, 4) is 0 Å². The molecule has 0 aromatic carbocycles. The van der Waals surface area contributed by atoms with Gasteiger partial charge in [-0.1, -0.05) is 0 Å². The van der Waals surface area contributed by atoms with E-state index in [1.807, 2.05) is 20.8 Å². The maximum absolute atomic E-state index is 5.35. The molecule has 0 heterocycles. The quantitative estimate of drug-likeness (QED) is 0.689. The monoisotopic (exact) mass is 268 g/mol. The summed E-state index contributed by atoms with van der Waals surface area (Å²) in [5, 5.41) is 0. The molecule has 6 heavy (non-hydrogen) atoms. The summed E-state index contributed by atoms with van der Waals surface area (Å²) in [6.45, 7) is 5.90. The van der Waals surface area contributed by atoms with Gasteiger partial charge in [-0.3, -0.25) is 0 Å². The molecular weight excluding hydrogens is 257 g/mol. The maximum atomic E-state index is 5.35. The summed E-state index contributed by atoms with van der Waals surface area (Å²) in [4.78, 5) is 0. The number of nitrogens with two attached hydrogens (primary N) is 1. The van der Waals surface area contributed by atoms with Crippen LogP contribution in [0.25, 0.3) is 0 Å². The topological polar surface area (TPSA) is 26.0 Å². The van der Waals surface area contributed by atoms with Crippen LogP contribution in [0, 0.1) is 0 Å². The van der Waals surface area contributed by atoms with Crippen molar-refractivity contribution < 1.29 is 21.1 Å². The molecule has 1 nitrogen and oxygen atoms in total. The van der Waals surface area contributed by atoms with Crippen LogP contribution >= 0.6 is 0 Å². The Labute approximate surface area is 53.6 Å². The van der Waals surface area contributed by atoms with Crippen LogP contribution in [0.1, 0.15) is 20.8 Å². The first kappa shape index (κ1) is 9.82. The first-order chi connectivity index (χ1) is 2.00. The molecule has 0 bridgehead atoms. The Kier molecular flexibility index (Phi) is 4.52. The third kappa shape index (κ3) is 147. The molecule has 0 spiro atoms. The predicted octanol–water partition coefficient (Wildman–Crippen LogP) is 0.741. The van der Waals surface area contributed by atoms with E-state index in [1.54, 1.807) is 0 Å². The molecule has 0 saturated carbocycles. The van der Waals surface area contributed by atoms with Crippen LogP contribution in [-0.4, -0.2) is 5.54 Å². The van der Waals surface area contributed by atoms with E-state index in [-0.39, 0.29) is 26.6 Å². The van der Waals surface area contributed by atoms with E-state index in [1.165, 1.54) is 0 Å². The minimum absolute atomic E-state index is 0. The van der Waals surface area contributed by atoms with E-state index >= 15 is 0 Å². The van der Waals surface area contributed by atoms with Crippen molar-refractivity contribution >= 4 is 0 Å². The number of hydrogen-bond donors (Lipinski definition) is 1. The molecule has 2 N–H and O–H groups in total. The fraction of sp³-hybridized carbons (Fsp3) is 1.00. The Bertz CT molecular complexity index is 23.0. The largest absolute Gasteiger partial charge is 0.326 e. The first-order valence-corrected chi connectivity index (χ1v) is 1.79. The normalized spacial score (nSPS) is 10.0. The van der Waals surface area contributed by atoms with Crippen LogP contribution in [0.2, 0.25) is 0 Å². The Balaban J connectivity index is 0. The van der Waals surface area contributed by atoms with Gasteiger partial charge < -0.3 is 5.73 Å². The SMILES string of the molecule is CC(C)(C)N.[Pt]. The van der Waals surface area contributed by atoms with Crippen LogP contribution in [0.3, 0.4) is 0 Å². The molecule has 2 heteroatoms. The molecule has 0 radical (unpaired) electrons. The third-order valence-corrected chi connectivity index (χ3v) is 0. The van der Waals surface area contributed by atoms with Gasteiger partial charge in [0.25, 0.3) is 0 Å². The second-order valence-corrected chi connectivity index (χ2v) is 2.37. The molecule has 0 aliphatic carbocycles. The molecule has 0 aliphatic heterocycles. The van der Waals surface area contributed by atoms with Gasteiger partial charge in [0.1, 0.15) is 0 Å². The van der Waals surface area contributed by atoms with Crippen molar-refractivity contribution in [1.29, 1.82) is 0 Å².